The highest BCUT2D eigenvalue weighted by molar-refractivity contribution is 6.01. The first kappa shape index (κ1) is 21.6. The van der Waals surface area contributed by atoms with E-state index in [1.165, 1.54) is 4.57 Å². The van der Waals surface area contributed by atoms with Crippen molar-refractivity contribution < 1.29 is 19.4 Å². The lowest BCUT2D eigenvalue weighted by atomic mass is 9.94. The largest absolute Gasteiger partial charge is 0.462 e. The molecule has 7 nitrogen and oxygen atoms in total. The van der Waals surface area contributed by atoms with E-state index in [1.807, 2.05) is 30.3 Å². The van der Waals surface area contributed by atoms with Crippen LogP contribution in [0.25, 0.3) is 10.8 Å². The number of aromatic nitrogens is 1. The zero-order valence-electron chi connectivity index (χ0n) is 17.9. The van der Waals surface area contributed by atoms with Gasteiger partial charge in [-0.25, -0.2) is 0 Å². The van der Waals surface area contributed by atoms with E-state index in [1.54, 1.807) is 43.6 Å². The van der Waals surface area contributed by atoms with Crippen molar-refractivity contribution >= 4 is 22.4 Å². The van der Waals surface area contributed by atoms with Gasteiger partial charge in [0.25, 0.3) is 5.56 Å². The summed E-state index contributed by atoms with van der Waals surface area (Å²) in [7, 11) is 0. The number of aliphatic hydroxyl groups is 1. The molecule has 4 rings (SSSR count). The zero-order valence-corrected chi connectivity index (χ0v) is 17.9. The number of allylic oxidation sites excluding steroid dienone is 1. The minimum atomic E-state index is -0.634. The van der Waals surface area contributed by atoms with Crippen LogP contribution in [0.5, 0.6) is 0 Å². The van der Waals surface area contributed by atoms with Crippen molar-refractivity contribution in [3.8, 4) is 0 Å². The summed E-state index contributed by atoms with van der Waals surface area (Å²) < 4.78 is 12.2. The molecule has 2 N–H and O–H groups in total. The predicted molar refractivity (Wildman–Crippen MR) is 122 cm³/mol. The molecule has 0 saturated carbocycles. The van der Waals surface area contributed by atoms with Gasteiger partial charge in [-0.15, -0.1) is 0 Å². The number of anilines is 1. The molecule has 0 saturated heterocycles. The Morgan fingerprint density at radius 2 is 1.94 bits per heavy atom. The Morgan fingerprint density at radius 1 is 1.12 bits per heavy atom. The van der Waals surface area contributed by atoms with Crippen LogP contribution in [-0.2, 0) is 27.2 Å². The molecule has 0 fully saturated rings. The molecule has 1 aliphatic rings. The van der Waals surface area contributed by atoms with Crippen LogP contribution in [0.4, 0.5) is 5.69 Å². The second kappa shape index (κ2) is 9.70. The molecule has 0 spiro atoms. The van der Waals surface area contributed by atoms with Gasteiger partial charge in [-0.3, -0.25) is 9.59 Å². The van der Waals surface area contributed by atoms with E-state index in [0.29, 0.717) is 28.6 Å². The van der Waals surface area contributed by atoms with Gasteiger partial charge in [-0.2, -0.15) is 0 Å². The molecule has 2 atom stereocenters. The van der Waals surface area contributed by atoms with Crippen molar-refractivity contribution in [2.45, 2.75) is 32.4 Å². The summed E-state index contributed by atoms with van der Waals surface area (Å²) in [6, 6.07) is 16.9. The number of nitrogens with zero attached hydrogens (tertiary/aromatic N) is 1. The number of pyridine rings is 1. The summed E-state index contributed by atoms with van der Waals surface area (Å²) >= 11 is 0. The van der Waals surface area contributed by atoms with Crippen LogP contribution < -0.4 is 10.9 Å². The fourth-order valence-corrected chi connectivity index (χ4v) is 3.92. The fraction of sp³-hybridized carbons (Fsp3) is 0.280. The molecule has 32 heavy (non-hydrogen) atoms. The second-order valence-corrected chi connectivity index (χ2v) is 7.98. The molecule has 7 heteroatoms. The highest BCUT2D eigenvalue weighted by atomic mass is 16.7. The minimum absolute atomic E-state index is 0.157. The van der Waals surface area contributed by atoms with Gasteiger partial charge in [0.15, 0.2) is 0 Å². The molecule has 2 aromatic carbocycles. The SMILES string of the molecule is CC(O)Cn1ccc2c(NC(=O)CC(Cc3ccccc3)C3=COCO3)cccc2c1=O. The number of hydrogen-bond acceptors (Lipinski definition) is 5. The van der Waals surface area contributed by atoms with E-state index in [9.17, 15) is 14.7 Å². The van der Waals surface area contributed by atoms with E-state index in [4.69, 9.17) is 9.47 Å². The molecule has 0 bridgehead atoms. The lowest BCUT2D eigenvalue weighted by molar-refractivity contribution is -0.117. The fourth-order valence-electron chi connectivity index (χ4n) is 3.92. The number of rotatable bonds is 8. The normalized spacial score (nSPS) is 14.9. The minimum Gasteiger partial charge on any atom is -0.462 e. The molecule has 1 aromatic heterocycles. The Labute approximate surface area is 185 Å². The van der Waals surface area contributed by atoms with Crippen LogP contribution >= 0.6 is 0 Å². The first-order valence-corrected chi connectivity index (χ1v) is 10.6. The Balaban J connectivity index is 1.54. The maximum Gasteiger partial charge on any atom is 0.258 e. The van der Waals surface area contributed by atoms with Crippen LogP contribution in [0.15, 0.2) is 77.6 Å². The number of hydrogen-bond donors (Lipinski definition) is 2. The van der Waals surface area contributed by atoms with Gasteiger partial charge in [0.2, 0.25) is 12.7 Å². The van der Waals surface area contributed by atoms with E-state index < -0.39 is 6.10 Å². The molecule has 1 amide bonds. The molecule has 3 aromatic rings. The van der Waals surface area contributed by atoms with Gasteiger partial charge in [-0.05, 0) is 37.1 Å². The van der Waals surface area contributed by atoms with Crippen molar-refractivity contribution in [3.63, 3.8) is 0 Å². The molecule has 2 unspecified atom stereocenters. The van der Waals surface area contributed by atoms with Crippen LogP contribution in [0, 0.1) is 5.92 Å². The number of benzene rings is 2. The van der Waals surface area contributed by atoms with Gasteiger partial charge in [0.05, 0.1) is 12.6 Å². The molecular formula is C25H26N2O5. The van der Waals surface area contributed by atoms with Crippen LogP contribution in [0.2, 0.25) is 0 Å². The van der Waals surface area contributed by atoms with Gasteiger partial charge in [0, 0.05) is 35.0 Å². The number of carbonyl (C=O) groups is 1. The summed E-state index contributed by atoms with van der Waals surface area (Å²) in [4.78, 5) is 25.7. The standard InChI is InChI=1S/C25H26N2O5/c1-17(28)14-27-11-10-20-21(25(27)30)8-5-9-22(20)26-24(29)13-19(23-15-31-16-32-23)12-18-6-3-2-4-7-18/h2-11,15,17,19,28H,12-14,16H2,1H3,(H,26,29). The van der Waals surface area contributed by atoms with Crippen LogP contribution in [0.1, 0.15) is 18.9 Å². The van der Waals surface area contributed by atoms with Gasteiger partial charge in [0.1, 0.15) is 12.0 Å². The Bertz CT molecular complexity index is 1180. The lowest BCUT2D eigenvalue weighted by Crippen LogP contribution is -2.25. The quantitative estimate of drug-likeness (QED) is 0.567. The predicted octanol–water partition coefficient (Wildman–Crippen LogP) is 3.42. The summed E-state index contributed by atoms with van der Waals surface area (Å²) in [6.45, 7) is 2.00. The van der Waals surface area contributed by atoms with Crippen LogP contribution in [-0.4, -0.2) is 28.5 Å². The number of carbonyl (C=O) groups excluding carboxylic acids is 1. The second-order valence-electron chi connectivity index (χ2n) is 7.98. The Hall–Kier alpha value is -3.58. The first-order chi connectivity index (χ1) is 15.5. The highest BCUT2D eigenvalue weighted by Crippen LogP contribution is 2.27. The van der Waals surface area contributed by atoms with Crippen molar-refractivity contribution in [2.24, 2.45) is 5.92 Å². The maximum atomic E-state index is 13.0. The van der Waals surface area contributed by atoms with Gasteiger partial charge < -0.3 is 24.5 Å². The van der Waals surface area contributed by atoms with Crippen molar-refractivity contribution in [1.29, 1.82) is 0 Å². The number of ether oxygens (including phenoxy) is 2. The summed E-state index contributed by atoms with van der Waals surface area (Å²) in [6.07, 6.45) is 3.43. The van der Waals surface area contributed by atoms with E-state index in [-0.39, 0.29) is 37.1 Å². The average Bonchev–Trinajstić information content (AvgIpc) is 3.31. The summed E-state index contributed by atoms with van der Waals surface area (Å²) in [5.41, 5.74) is 1.47. The van der Waals surface area contributed by atoms with Crippen molar-refractivity contribution in [3.05, 3.63) is 88.7 Å². The van der Waals surface area contributed by atoms with Crippen molar-refractivity contribution in [1.82, 2.24) is 4.57 Å². The smallest absolute Gasteiger partial charge is 0.258 e. The third-order valence-electron chi connectivity index (χ3n) is 5.41. The topological polar surface area (TPSA) is 89.8 Å². The first-order valence-electron chi connectivity index (χ1n) is 10.6. The summed E-state index contributed by atoms with van der Waals surface area (Å²) in [5.74, 6) is 0.309. The molecule has 2 heterocycles. The number of fused-ring (bicyclic) bond motifs is 1. The highest BCUT2D eigenvalue weighted by Gasteiger charge is 2.24. The molecule has 0 radical (unpaired) electrons. The Kier molecular flexibility index (Phi) is 6.56. The van der Waals surface area contributed by atoms with Gasteiger partial charge in [-0.1, -0.05) is 36.4 Å². The number of amides is 1. The van der Waals surface area contributed by atoms with E-state index >= 15 is 0 Å². The van der Waals surface area contributed by atoms with E-state index in [0.717, 1.165) is 5.56 Å². The average molecular weight is 434 g/mol. The number of aliphatic hydroxyl groups excluding tert-OH is 1. The molecular weight excluding hydrogens is 408 g/mol. The van der Waals surface area contributed by atoms with Gasteiger partial charge >= 0.3 is 0 Å². The maximum absolute atomic E-state index is 13.0. The third-order valence-corrected chi connectivity index (χ3v) is 5.41. The Morgan fingerprint density at radius 3 is 2.66 bits per heavy atom. The van der Waals surface area contributed by atoms with Crippen LogP contribution in [0.3, 0.4) is 0 Å². The molecule has 1 aliphatic heterocycles. The molecule has 166 valence electrons. The lowest BCUT2D eigenvalue weighted by Gasteiger charge is -2.17. The third kappa shape index (κ3) is 5.00. The van der Waals surface area contributed by atoms with E-state index in [2.05, 4.69) is 5.32 Å². The van der Waals surface area contributed by atoms with Crippen molar-refractivity contribution in [2.75, 3.05) is 12.1 Å². The summed E-state index contributed by atoms with van der Waals surface area (Å²) in [5, 5.41) is 13.7. The monoisotopic (exact) mass is 434 g/mol. The molecule has 0 aliphatic carbocycles. The zero-order chi connectivity index (χ0) is 22.5. The number of nitrogens with one attached hydrogen (secondary N) is 1.